The van der Waals surface area contributed by atoms with Crippen molar-refractivity contribution >= 4 is 17.3 Å². The Bertz CT molecular complexity index is 250. The fourth-order valence-electron chi connectivity index (χ4n) is 1.11. The van der Waals surface area contributed by atoms with Crippen LogP contribution in [0, 0.1) is 0 Å². The largest absolute Gasteiger partial charge is 0.383 e. The summed E-state index contributed by atoms with van der Waals surface area (Å²) in [7, 11) is 0. The first-order chi connectivity index (χ1) is 6.34. The number of anilines is 1. The van der Waals surface area contributed by atoms with Gasteiger partial charge in [-0.15, -0.1) is 0 Å². The zero-order valence-corrected chi connectivity index (χ0v) is 8.64. The molecular formula is C10H15ClN2. The first-order valence-electron chi connectivity index (χ1n) is 4.68. The van der Waals surface area contributed by atoms with Gasteiger partial charge in [-0.3, -0.25) is 4.98 Å². The van der Waals surface area contributed by atoms with Crippen molar-refractivity contribution in [2.24, 2.45) is 0 Å². The van der Waals surface area contributed by atoms with Crippen LogP contribution in [0.1, 0.15) is 26.2 Å². The van der Waals surface area contributed by atoms with E-state index in [4.69, 9.17) is 11.6 Å². The van der Waals surface area contributed by atoms with Crippen LogP contribution in [0.5, 0.6) is 0 Å². The third kappa shape index (κ3) is 3.64. The minimum Gasteiger partial charge on any atom is -0.383 e. The van der Waals surface area contributed by atoms with Gasteiger partial charge in [-0.25, -0.2) is 0 Å². The van der Waals surface area contributed by atoms with Crippen LogP contribution in [0.25, 0.3) is 0 Å². The van der Waals surface area contributed by atoms with Gasteiger partial charge < -0.3 is 5.32 Å². The average Bonchev–Trinajstić information content (AvgIpc) is 2.15. The Morgan fingerprint density at radius 3 is 3.00 bits per heavy atom. The lowest BCUT2D eigenvalue weighted by molar-refractivity contribution is 0.743. The summed E-state index contributed by atoms with van der Waals surface area (Å²) in [6.45, 7) is 3.16. The second-order valence-electron chi connectivity index (χ2n) is 2.99. The van der Waals surface area contributed by atoms with E-state index >= 15 is 0 Å². The van der Waals surface area contributed by atoms with Crippen LogP contribution in [0.3, 0.4) is 0 Å². The zero-order valence-electron chi connectivity index (χ0n) is 7.89. The Balaban J connectivity index is 2.32. The number of hydrogen-bond donors (Lipinski definition) is 1. The number of nitrogens with one attached hydrogen (secondary N) is 1. The van der Waals surface area contributed by atoms with Gasteiger partial charge in [0.25, 0.3) is 0 Å². The Hall–Kier alpha value is -0.760. The van der Waals surface area contributed by atoms with Gasteiger partial charge in [-0.1, -0.05) is 31.4 Å². The summed E-state index contributed by atoms with van der Waals surface area (Å²) in [5, 5.41) is 4.00. The summed E-state index contributed by atoms with van der Waals surface area (Å²) < 4.78 is 0. The van der Waals surface area contributed by atoms with E-state index in [-0.39, 0.29) is 0 Å². The van der Waals surface area contributed by atoms with Crippen molar-refractivity contribution in [2.45, 2.75) is 26.2 Å². The molecule has 0 unspecified atom stereocenters. The molecule has 0 spiro atoms. The second-order valence-corrected chi connectivity index (χ2v) is 3.40. The number of pyridine rings is 1. The summed E-state index contributed by atoms with van der Waals surface area (Å²) >= 11 is 5.93. The molecule has 1 aromatic rings. The van der Waals surface area contributed by atoms with E-state index in [0.717, 1.165) is 17.3 Å². The Morgan fingerprint density at radius 1 is 1.46 bits per heavy atom. The van der Waals surface area contributed by atoms with Crippen LogP contribution in [0.2, 0.25) is 5.02 Å². The first kappa shape index (κ1) is 10.3. The Labute approximate surface area is 84.3 Å². The summed E-state index contributed by atoms with van der Waals surface area (Å²) in [6, 6.07) is 1.80. The summed E-state index contributed by atoms with van der Waals surface area (Å²) in [5.41, 5.74) is 0.931. The predicted octanol–water partition coefficient (Wildman–Crippen LogP) is 3.34. The summed E-state index contributed by atoms with van der Waals surface area (Å²) in [4.78, 5) is 4.00. The van der Waals surface area contributed by atoms with Gasteiger partial charge >= 0.3 is 0 Å². The van der Waals surface area contributed by atoms with Crippen molar-refractivity contribution in [1.29, 1.82) is 0 Å². The topological polar surface area (TPSA) is 24.9 Å². The molecule has 3 heteroatoms. The molecule has 0 saturated heterocycles. The van der Waals surface area contributed by atoms with Crippen LogP contribution in [-0.4, -0.2) is 11.5 Å². The smallest absolute Gasteiger partial charge is 0.0716 e. The van der Waals surface area contributed by atoms with Crippen LogP contribution < -0.4 is 5.32 Å². The average molecular weight is 199 g/mol. The molecule has 0 atom stereocenters. The number of nitrogens with zero attached hydrogens (tertiary/aromatic N) is 1. The molecule has 2 nitrogen and oxygen atoms in total. The fourth-order valence-corrected chi connectivity index (χ4v) is 1.28. The number of aromatic nitrogens is 1. The highest BCUT2D eigenvalue weighted by atomic mass is 35.5. The summed E-state index contributed by atoms with van der Waals surface area (Å²) in [5.74, 6) is 0. The lowest BCUT2D eigenvalue weighted by Gasteiger charge is -2.06. The number of halogens is 1. The van der Waals surface area contributed by atoms with Crippen molar-refractivity contribution in [2.75, 3.05) is 11.9 Å². The molecule has 72 valence electrons. The lowest BCUT2D eigenvalue weighted by atomic mass is 10.2. The SMILES string of the molecule is CCCCCNc1cnccc1Cl. The molecule has 1 N–H and O–H groups in total. The van der Waals surface area contributed by atoms with E-state index in [1.807, 2.05) is 0 Å². The molecule has 0 aliphatic carbocycles. The highest BCUT2D eigenvalue weighted by Crippen LogP contribution is 2.18. The maximum atomic E-state index is 5.93. The standard InChI is InChI=1S/C10H15ClN2/c1-2-3-4-6-13-10-8-12-7-5-9(10)11/h5,7-8,13H,2-4,6H2,1H3. The molecule has 1 heterocycles. The Kier molecular flexibility index (Phi) is 4.61. The second kappa shape index (κ2) is 5.81. The van der Waals surface area contributed by atoms with Crippen LogP contribution >= 0.6 is 11.6 Å². The number of rotatable bonds is 5. The molecule has 0 amide bonds. The predicted molar refractivity (Wildman–Crippen MR) is 57.3 cm³/mol. The van der Waals surface area contributed by atoms with Gasteiger partial charge in [0.2, 0.25) is 0 Å². The maximum Gasteiger partial charge on any atom is 0.0716 e. The van der Waals surface area contributed by atoms with E-state index in [9.17, 15) is 0 Å². The molecule has 1 rings (SSSR count). The van der Waals surface area contributed by atoms with Crippen LogP contribution in [-0.2, 0) is 0 Å². The number of hydrogen-bond acceptors (Lipinski definition) is 2. The van der Waals surface area contributed by atoms with E-state index in [2.05, 4.69) is 17.2 Å². The van der Waals surface area contributed by atoms with Crippen molar-refractivity contribution < 1.29 is 0 Å². The molecule has 13 heavy (non-hydrogen) atoms. The van der Waals surface area contributed by atoms with Gasteiger partial charge in [0.1, 0.15) is 0 Å². The molecular weight excluding hydrogens is 184 g/mol. The minimum atomic E-state index is 0.742. The van der Waals surface area contributed by atoms with Crippen molar-refractivity contribution in [3.63, 3.8) is 0 Å². The van der Waals surface area contributed by atoms with Crippen molar-refractivity contribution in [3.05, 3.63) is 23.5 Å². The third-order valence-electron chi connectivity index (χ3n) is 1.86. The monoisotopic (exact) mass is 198 g/mol. The van der Waals surface area contributed by atoms with E-state index < -0.39 is 0 Å². The fraction of sp³-hybridized carbons (Fsp3) is 0.500. The Morgan fingerprint density at radius 2 is 2.31 bits per heavy atom. The first-order valence-corrected chi connectivity index (χ1v) is 5.05. The van der Waals surface area contributed by atoms with Crippen molar-refractivity contribution in [1.82, 2.24) is 4.98 Å². The molecule has 0 radical (unpaired) electrons. The number of unbranched alkanes of at least 4 members (excludes halogenated alkanes) is 2. The normalized spacial score (nSPS) is 10.0. The third-order valence-corrected chi connectivity index (χ3v) is 2.19. The molecule has 0 aliphatic heterocycles. The maximum absolute atomic E-state index is 5.93. The van der Waals surface area contributed by atoms with Crippen LogP contribution in [0.4, 0.5) is 5.69 Å². The highest BCUT2D eigenvalue weighted by molar-refractivity contribution is 6.33. The zero-order chi connectivity index (χ0) is 9.52. The molecule has 0 aromatic carbocycles. The van der Waals surface area contributed by atoms with Gasteiger partial charge in [0.05, 0.1) is 16.9 Å². The lowest BCUT2D eigenvalue weighted by Crippen LogP contribution is -2.01. The van der Waals surface area contributed by atoms with E-state index in [1.165, 1.54) is 19.3 Å². The highest BCUT2D eigenvalue weighted by Gasteiger charge is 1.96. The van der Waals surface area contributed by atoms with Gasteiger partial charge in [0.15, 0.2) is 0 Å². The molecule has 0 aliphatic rings. The molecule has 1 aromatic heterocycles. The van der Waals surface area contributed by atoms with E-state index in [0.29, 0.717) is 0 Å². The molecule has 0 fully saturated rings. The quantitative estimate of drug-likeness (QED) is 0.735. The summed E-state index contributed by atoms with van der Waals surface area (Å²) in [6.07, 6.45) is 7.13. The van der Waals surface area contributed by atoms with E-state index in [1.54, 1.807) is 18.5 Å². The van der Waals surface area contributed by atoms with Crippen molar-refractivity contribution in [3.8, 4) is 0 Å². The van der Waals surface area contributed by atoms with Gasteiger partial charge in [-0.05, 0) is 12.5 Å². The molecule has 0 saturated carbocycles. The van der Waals surface area contributed by atoms with Crippen LogP contribution in [0.15, 0.2) is 18.5 Å². The van der Waals surface area contributed by atoms with Gasteiger partial charge in [-0.2, -0.15) is 0 Å². The molecule has 0 bridgehead atoms. The minimum absolute atomic E-state index is 0.742. The van der Waals surface area contributed by atoms with Gasteiger partial charge in [0, 0.05) is 12.7 Å².